The summed E-state index contributed by atoms with van der Waals surface area (Å²) in [6, 6.07) is 10.8. The maximum atomic E-state index is 11.1. The van der Waals surface area contributed by atoms with Crippen LogP contribution >= 0.6 is 0 Å². The first-order valence-corrected chi connectivity index (χ1v) is 7.53. The average Bonchev–Trinajstić information content (AvgIpc) is 3.21. The molecule has 0 aromatic heterocycles. The van der Waals surface area contributed by atoms with Crippen LogP contribution < -0.4 is 0 Å². The lowest BCUT2D eigenvalue weighted by Crippen LogP contribution is -2.43. The van der Waals surface area contributed by atoms with Crippen molar-refractivity contribution in [2.24, 2.45) is 11.8 Å². The topological polar surface area (TPSA) is 20.2 Å². The van der Waals surface area contributed by atoms with Gasteiger partial charge < -0.3 is 5.11 Å². The lowest BCUT2D eigenvalue weighted by atomic mass is 9.70. The van der Waals surface area contributed by atoms with Gasteiger partial charge in [-0.15, -0.1) is 0 Å². The van der Waals surface area contributed by atoms with Gasteiger partial charge in [0.05, 0.1) is 5.60 Å². The molecule has 18 heavy (non-hydrogen) atoms. The molecule has 2 aliphatic rings. The van der Waals surface area contributed by atoms with E-state index in [4.69, 9.17) is 0 Å². The van der Waals surface area contributed by atoms with E-state index in [0.717, 1.165) is 12.8 Å². The Morgan fingerprint density at radius 3 is 2.72 bits per heavy atom. The van der Waals surface area contributed by atoms with Crippen molar-refractivity contribution in [2.45, 2.75) is 57.0 Å². The lowest BCUT2D eigenvalue weighted by molar-refractivity contribution is -0.0697. The Morgan fingerprint density at radius 2 is 2.00 bits per heavy atom. The molecule has 4 atom stereocenters. The van der Waals surface area contributed by atoms with Crippen LogP contribution in [0.3, 0.4) is 0 Å². The van der Waals surface area contributed by atoms with Crippen molar-refractivity contribution in [3.63, 3.8) is 0 Å². The molecule has 1 aromatic rings. The number of rotatable bonds is 3. The Morgan fingerprint density at radius 1 is 1.22 bits per heavy atom. The van der Waals surface area contributed by atoms with Crippen LogP contribution in [0.1, 0.15) is 56.9 Å². The highest BCUT2D eigenvalue weighted by atomic mass is 16.3. The molecule has 0 spiro atoms. The predicted octanol–water partition coefficient (Wildman–Crippen LogP) is 4.12. The minimum atomic E-state index is -0.368. The molecule has 1 aromatic carbocycles. The fourth-order valence-corrected chi connectivity index (χ4v) is 4.11. The van der Waals surface area contributed by atoms with E-state index in [2.05, 4.69) is 37.3 Å². The van der Waals surface area contributed by atoms with Crippen LogP contribution in [0.4, 0.5) is 0 Å². The predicted molar refractivity (Wildman–Crippen MR) is 74.5 cm³/mol. The van der Waals surface area contributed by atoms with E-state index in [9.17, 15) is 5.11 Å². The maximum absolute atomic E-state index is 11.1. The van der Waals surface area contributed by atoms with Gasteiger partial charge in [0.2, 0.25) is 0 Å². The molecule has 98 valence electrons. The molecule has 0 bridgehead atoms. The molecule has 0 amide bonds. The molecule has 4 unspecified atom stereocenters. The quantitative estimate of drug-likeness (QED) is 0.848. The first-order chi connectivity index (χ1) is 8.75. The molecule has 1 nitrogen and oxygen atoms in total. The second-order valence-electron chi connectivity index (χ2n) is 6.20. The molecule has 1 heteroatoms. The maximum Gasteiger partial charge on any atom is 0.0709 e. The van der Waals surface area contributed by atoms with Gasteiger partial charge in [-0.1, -0.05) is 56.5 Å². The monoisotopic (exact) mass is 244 g/mol. The Hall–Kier alpha value is -0.820. The first kappa shape index (κ1) is 12.2. The van der Waals surface area contributed by atoms with Gasteiger partial charge in [-0.3, -0.25) is 0 Å². The number of aliphatic hydroxyl groups is 1. The van der Waals surface area contributed by atoms with E-state index in [-0.39, 0.29) is 5.60 Å². The number of hydrogen-bond donors (Lipinski definition) is 1. The van der Waals surface area contributed by atoms with Crippen molar-refractivity contribution >= 4 is 0 Å². The van der Waals surface area contributed by atoms with Gasteiger partial charge in [0.25, 0.3) is 0 Å². The summed E-state index contributed by atoms with van der Waals surface area (Å²) in [4.78, 5) is 0. The van der Waals surface area contributed by atoms with Crippen molar-refractivity contribution < 1.29 is 5.11 Å². The highest BCUT2D eigenvalue weighted by molar-refractivity contribution is 5.28. The summed E-state index contributed by atoms with van der Waals surface area (Å²) in [7, 11) is 0. The molecule has 0 saturated heterocycles. The van der Waals surface area contributed by atoms with Gasteiger partial charge in [-0.2, -0.15) is 0 Å². The zero-order valence-electron chi connectivity index (χ0n) is 11.3. The van der Waals surface area contributed by atoms with Gasteiger partial charge in [0.15, 0.2) is 0 Å². The average molecular weight is 244 g/mol. The van der Waals surface area contributed by atoms with Crippen LogP contribution in [0.5, 0.6) is 0 Å². The fourth-order valence-electron chi connectivity index (χ4n) is 4.11. The fraction of sp³-hybridized carbons (Fsp3) is 0.647. The van der Waals surface area contributed by atoms with Gasteiger partial charge >= 0.3 is 0 Å². The van der Waals surface area contributed by atoms with E-state index >= 15 is 0 Å². The molecule has 1 N–H and O–H groups in total. The van der Waals surface area contributed by atoms with Crippen LogP contribution in [0.15, 0.2) is 30.3 Å². The van der Waals surface area contributed by atoms with Crippen LogP contribution in [-0.2, 0) is 0 Å². The third-order valence-corrected chi connectivity index (χ3v) is 5.24. The van der Waals surface area contributed by atoms with Crippen molar-refractivity contribution in [2.75, 3.05) is 0 Å². The number of benzene rings is 1. The van der Waals surface area contributed by atoms with Gasteiger partial charge in [-0.05, 0) is 42.6 Å². The second-order valence-corrected chi connectivity index (χ2v) is 6.20. The van der Waals surface area contributed by atoms with E-state index in [0.29, 0.717) is 17.8 Å². The molecule has 2 saturated carbocycles. The molecule has 3 rings (SSSR count). The summed E-state index contributed by atoms with van der Waals surface area (Å²) >= 11 is 0. The van der Waals surface area contributed by atoms with Gasteiger partial charge in [0.1, 0.15) is 0 Å². The molecule has 0 heterocycles. The van der Waals surface area contributed by atoms with Crippen LogP contribution in [0.25, 0.3) is 0 Å². The molecule has 0 radical (unpaired) electrons. The summed E-state index contributed by atoms with van der Waals surface area (Å²) in [5.41, 5.74) is 1.06. The van der Waals surface area contributed by atoms with Crippen LogP contribution in [0, 0.1) is 11.8 Å². The summed E-state index contributed by atoms with van der Waals surface area (Å²) in [5.74, 6) is 1.67. The highest BCUT2D eigenvalue weighted by Gasteiger charge is 2.55. The third kappa shape index (κ3) is 1.99. The normalized spacial score (nSPS) is 39.6. The van der Waals surface area contributed by atoms with Crippen molar-refractivity contribution in [1.29, 1.82) is 0 Å². The van der Waals surface area contributed by atoms with E-state index in [1.807, 2.05) is 0 Å². The lowest BCUT2D eigenvalue weighted by Gasteiger charge is -2.40. The van der Waals surface area contributed by atoms with Crippen LogP contribution in [-0.4, -0.2) is 10.7 Å². The van der Waals surface area contributed by atoms with Gasteiger partial charge in [0, 0.05) is 0 Å². The first-order valence-electron chi connectivity index (χ1n) is 7.53. The molecular formula is C17H24O. The van der Waals surface area contributed by atoms with Crippen molar-refractivity contribution in [3.8, 4) is 0 Å². The van der Waals surface area contributed by atoms with Crippen LogP contribution in [0.2, 0.25) is 0 Å². The zero-order valence-corrected chi connectivity index (χ0v) is 11.3. The Bertz CT molecular complexity index is 399. The summed E-state index contributed by atoms with van der Waals surface area (Å²) in [6.07, 6.45) is 7.10. The zero-order chi connectivity index (χ0) is 12.6. The minimum absolute atomic E-state index is 0.368. The number of hydrogen-bond acceptors (Lipinski definition) is 1. The highest BCUT2D eigenvalue weighted by Crippen LogP contribution is 2.59. The standard InChI is InChI=1S/C17H24O/c1-2-14-10-6-7-11-17(14,18)16-12-15(16)13-8-4-3-5-9-13/h3-5,8-9,14-16,18H,2,6-7,10-12H2,1H3. The van der Waals surface area contributed by atoms with E-state index in [1.165, 1.54) is 31.2 Å². The Balaban J connectivity index is 1.76. The molecular weight excluding hydrogens is 220 g/mol. The van der Waals surface area contributed by atoms with Crippen molar-refractivity contribution in [1.82, 2.24) is 0 Å². The minimum Gasteiger partial charge on any atom is -0.389 e. The van der Waals surface area contributed by atoms with Gasteiger partial charge in [-0.25, -0.2) is 0 Å². The third-order valence-electron chi connectivity index (χ3n) is 5.24. The SMILES string of the molecule is CCC1CCCCC1(O)C1CC1c1ccccc1. The summed E-state index contributed by atoms with van der Waals surface area (Å²) < 4.78 is 0. The molecule has 2 fully saturated rings. The van der Waals surface area contributed by atoms with E-state index in [1.54, 1.807) is 0 Å². The van der Waals surface area contributed by atoms with Crippen molar-refractivity contribution in [3.05, 3.63) is 35.9 Å². The Kier molecular flexibility index (Phi) is 3.19. The smallest absolute Gasteiger partial charge is 0.0709 e. The summed E-state index contributed by atoms with van der Waals surface area (Å²) in [6.45, 7) is 2.24. The van der Waals surface area contributed by atoms with E-state index < -0.39 is 0 Å². The summed E-state index contributed by atoms with van der Waals surface area (Å²) in [5, 5.41) is 11.1. The second kappa shape index (κ2) is 4.70. The molecule has 0 aliphatic heterocycles. The largest absolute Gasteiger partial charge is 0.389 e. The Labute approximate surface area is 110 Å². The molecule has 2 aliphatic carbocycles.